The maximum atomic E-state index is 13.3. The number of carbonyl (C=O) groups excluding carboxylic acids is 3. The van der Waals surface area contributed by atoms with Gasteiger partial charge in [-0.1, -0.05) is 18.2 Å². The first-order chi connectivity index (χ1) is 15.9. The fourth-order valence-electron chi connectivity index (χ4n) is 4.23. The Labute approximate surface area is 189 Å². The molecule has 3 aromatic rings. The first-order valence-corrected chi connectivity index (χ1v) is 10.8. The number of imide groups is 1. The summed E-state index contributed by atoms with van der Waals surface area (Å²) in [7, 11) is 0. The Bertz CT molecular complexity index is 1220. The number of amides is 2. The third kappa shape index (κ3) is 3.91. The van der Waals surface area contributed by atoms with Crippen molar-refractivity contribution < 1.29 is 28.7 Å². The molecule has 0 bridgehead atoms. The van der Waals surface area contributed by atoms with Crippen LogP contribution in [0.1, 0.15) is 42.2 Å². The van der Waals surface area contributed by atoms with Gasteiger partial charge in [0.15, 0.2) is 11.7 Å². The molecule has 0 radical (unpaired) electrons. The lowest BCUT2D eigenvalue weighted by molar-refractivity contribution is -0.678. The number of para-hydroxylation sites is 1. The highest BCUT2D eigenvalue weighted by molar-refractivity contribution is 6.22. The summed E-state index contributed by atoms with van der Waals surface area (Å²) < 4.78 is 6.37. The Morgan fingerprint density at radius 3 is 2.48 bits per heavy atom. The molecule has 1 saturated heterocycles. The summed E-state index contributed by atoms with van der Waals surface area (Å²) in [6.07, 6.45) is 1.79. The number of Topliss-reactive ketones (excluding diaryl/α,β-unsaturated/α-hetero) is 1. The molecule has 1 unspecified atom stereocenters. The number of nitrogens with zero attached hydrogens (tertiary/aromatic N) is 4. The lowest BCUT2D eigenvalue weighted by Crippen LogP contribution is -2.46. The van der Waals surface area contributed by atoms with Crippen LogP contribution in [0, 0.1) is 0 Å². The van der Waals surface area contributed by atoms with E-state index < -0.39 is 12.0 Å². The third-order valence-corrected chi connectivity index (χ3v) is 6.10. The number of carbonyl (C=O) groups is 3. The van der Waals surface area contributed by atoms with Crippen LogP contribution >= 0.6 is 0 Å². The van der Waals surface area contributed by atoms with Gasteiger partial charge in [-0.15, -0.1) is 0 Å². The second-order valence-electron chi connectivity index (χ2n) is 8.35. The number of rotatable bonds is 7. The summed E-state index contributed by atoms with van der Waals surface area (Å²) in [6, 6.07) is 15.0. The van der Waals surface area contributed by atoms with Gasteiger partial charge in [0.05, 0.1) is 30.0 Å². The Kier molecular flexibility index (Phi) is 5.26. The summed E-state index contributed by atoms with van der Waals surface area (Å²) in [5.74, 6) is -1.31. The van der Waals surface area contributed by atoms with Crippen molar-refractivity contribution in [2.75, 3.05) is 4.90 Å². The van der Waals surface area contributed by atoms with Gasteiger partial charge < -0.3 is 9.63 Å². The molecule has 9 nitrogen and oxygen atoms in total. The molecule has 1 saturated carbocycles. The van der Waals surface area contributed by atoms with Gasteiger partial charge in [-0.05, 0) is 48.7 Å². The standard InChI is InChI=1S/C24H22N4O5/c1-15(29)16-7-9-18(10-8-16)27-22(30)13-20(23(27)31)26(17-11-12-17)14-21-24(32)33-25-28(21)19-5-3-2-4-6-19/h2-10,17,20H,11-14H2,1H3. The van der Waals surface area contributed by atoms with Crippen LogP contribution in [0.5, 0.6) is 5.95 Å². The smallest absolute Gasteiger partial charge is 0.254 e. The van der Waals surface area contributed by atoms with Crippen molar-refractivity contribution in [2.45, 2.75) is 44.8 Å². The molecular formula is C24H22N4O5. The molecule has 0 spiro atoms. The van der Waals surface area contributed by atoms with Crippen LogP contribution in [0.25, 0.3) is 5.69 Å². The van der Waals surface area contributed by atoms with Gasteiger partial charge in [-0.3, -0.25) is 19.3 Å². The molecule has 168 valence electrons. The molecule has 0 N–H and O–H groups in total. The first kappa shape index (κ1) is 21.0. The van der Waals surface area contributed by atoms with E-state index in [4.69, 9.17) is 4.52 Å². The Hall–Kier alpha value is -3.85. The average Bonchev–Trinajstić information content (AvgIpc) is 3.53. The van der Waals surface area contributed by atoms with Crippen LogP contribution in [0.4, 0.5) is 5.69 Å². The average molecular weight is 446 g/mol. The first-order valence-electron chi connectivity index (χ1n) is 10.8. The summed E-state index contributed by atoms with van der Waals surface area (Å²) >= 11 is 0. The van der Waals surface area contributed by atoms with Crippen LogP contribution in [0.3, 0.4) is 0 Å². The monoisotopic (exact) mass is 446 g/mol. The maximum absolute atomic E-state index is 13.3. The predicted octanol–water partition coefficient (Wildman–Crippen LogP) is 1.52. The van der Waals surface area contributed by atoms with E-state index in [1.54, 1.807) is 24.3 Å². The van der Waals surface area contributed by atoms with Crippen LogP contribution in [0.15, 0.2) is 59.1 Å². The van der Waals surface area contributed by atoms with E-state index in [1.165, 1.54) is 16.5 Å². The van der Waals surface area contributed by atoms with Crippen LogP contribution < -0.4 is 14.7 Å². The van der Waals surface area contributed by atoms with E-state index in [9.17, 15) is 19.5 Å². The maximum Gasteiger partial charge on any atom is 0.254 e. The Morgan fingerprint density at radius 1 is 1.15 bits per heavy atom. The third-order valence-electron chi connectivity index (χ3n) is 6.10. The van der Waals surface area contributed by atoms with E-state index in [2.05, 4.69) is 5.27 Å². The SMILES string of the molecule is CC(=O)c1ccc(N2C(=O)CC(N(Cc3c([O-])on[n+]3-c3ccccc3)C3CC3)C2=O)cc1. The molecule has 9 heteroatoms. The molecule has 1 aromatic heterocycles. The van der Waals surface area contributed by atoms with Gasteiger partial charge in [0, 0.05) is 23.7 Å². The molecule has 2 fully saturated rings. The van der Waals surface area contributed by atoms with Gasteiger partial charge in [-0.2, -0.15) is 0 Å². The zero-order valence-electron chi connectivity index (χ0n) is 18.0. The van der Waals surface area contributed by atoms with Crippen LogP contribution in [0.2, 0.25) is 0 Å². The zero-order chi connectivity index (χ0) is 23.1. The highest BCUT2D eigenvalue weighted by Crippen LogP contribution is 2.35. The minimum absolute atomic E-state index is 0.0224. The van der Waals surface area contributed by atoms with Crippen molar-refractivity contribution in [3.8, 4) is 11.6 Å². The Balaban J connectivity index is 1.42. The van der Waals surface area contributed by atoms with E-state index >= 15 is 0 Å². The molecule has 2 aliphatic rings. The molecule has 5 rings (SSSR count). The van der Waals surface area contributed by atoms with Crippen LogP contribution in [-0.2, 0) is 16.1 Å². The second kappa shape index (κ2) is 8.25. The number of aromatic nitrogens is 2. The summed E-state index contributed by atoms with van der Waals surface area (Å²) in [5, 5.41) is 16.3. The molecule has 1 atom stereocenters. The molecule has 2 aromatic carbocycles. The highest BCUT2D eigenvalue weighted by atomic mass is 16.6. The summed E-state index contributed by atoms with van der Waals surface area (Å²) in [5.41, 5.74) is 1.92. The number of benzene rings is 2. The zero-order valence-corrected chi connectivity index (χ0v) is 18.0. The van der Waals surface area contributed by atoms with Crippen molar-refractivity contribution >= 4 is 23.3 Å². The molecule has 33 heavy (non-hydrogen) atoms. The molecule has 1 aliphatic carbocycles. The molecule has 1 aliphatic heterocycles. The largest absolute Gasteiger partial charge is 0.539 e. The lowest BCUT2D eigenvalue weighted by atomic mass is 10.1. The van der Waals surface area contributed by atoms with Crippen molar-refractivity contribution in [1.29, 1.82) is 0 Å². The van der Waals surface area contributed by atoms with E-state index in [-0.39, 0.29) is 36.6 Å². The number of hydrogen-bond donors (Lipinski definition) is 0. The normalized spacial score (nSPS) is 18.4. The summed E-state index contributed by atoms with van der Waals surface area (Å²) in [6.45, 7) is 1.60. The number of hydrogen-bond acceptors (Lipinski definition) is 7. The van der Waals surface area contributed by atoms with Crippen molar-refractivity contribution in [3.63, 3.8) is 0 Å². The van der Waals surface area contributed by atoms with E-state index in [0.717, 1.165) is 12.8 Å². The lowest BCUT2D eigenvalue weighted by Gasteiger charge is -2.25. The topological polar surface area (TPSA) is 111 Å². The van der Waals surface area contributed by atoms with Gasteiger partial charge in [0.25, 0.3) is 11.6 Å². The minimum Gasteiger partial charge on any atom is -0.539 e. The molecular weight excluding hydrogens is 424 g/mol. The fourth-order valence-corrected chi connectivity index (χ4v) is 4.23. The fraction of sp³-hybridized carbons (Fsp3) is 0.292. The number of anilines is 1. The Morgan fingerprint density at radius 2 is 1.85 bits per heavy atom. The van der Waals surface area contributed by atoms with Gasteiger partial charge in [0.1, 0.15) is 0 Å². The van der Waals surface area contributed by atoms with Crippen molar-refractivity contribution in [1.82, 2.24) is 10.2 Å². The molecule has 2 amide bonds. The van der Waals surface area contributed by atoms with Crippen molar-refractivity contribution in [2.24, 2.45) is 0 Å². The van der Waals surface area contributed by atoms with E-state index in [1.807, 2.05) is 35.2 Å². The molecule has 2 heterocycles. The predicted molar refractivity (Wildman–Crippen MR) is 113 cm³/mol. The summed E-state index contributed by atoms with van der Waals surface area (Å²) in [4.78, 5) is 40.8. The highest BCUT2D eigenvalue weighted by Gasteiger charge is 2.48. The quantitative estimate of drug-likeness (QED) is 0.307. The van der Waals surface area contributed by atoms with Gasteiger partial charge >= 0.3 is 0 Å². The number of ketones is 1. The van der Waals surface area contributed by atoms with Crippen LogP contribution in [-0.4, -0.2) is 39.9 Å². The van der Waals surface area contributed by atoms with E-state index in [0.29, 0.717) is 22.6 Å². The second-order valence-corrected chi connectivity index (χ2v) is 8.35. The van der Waals surface area contributed by atoms with Gasteiger partial charge in [0.2, 0.25) is 11.6 Å². The van der Waals surface area contributed by atoms with Crippen molar-refractivity contribution in [3.05, 3.63) is 65.9 Å². The van der Waals surface area contributed by atoms with Gasteiger partial charge in [-0.25, -0.2) is 4.90 Å². The minimum atomic E-state index is -0.684.